The molecule has 3 rings (SSSR count). The molecule has 1 fully saturated rings. The second-order valence-corrected chi connectivity index (χ2v) is 16.4. The Labute approximate surface area is 222 Å². The second kappa shape index (κ2) is 11.3. The van der Waals surface area contributed by atoms with E-state index in [1.165, 1.54) is 4.90 Å². The van der Waals surface area contributed by atoms with Crippen LogP contribution in [0.1, 0.15) is 53.0 Å². The first-order chi connectivity index (χ1) is 17.3. The van der Waals surface area contributed by atoms with Gasteiger partial charge in [0.25, 0.3) is 0 Å². The van der Waals surface area contributed by atoms with E-state index in [1.54, 1.807) is 4.90 Å². The summed E-state index contributed by atoms with van der Waals surface area (Å²) in [6.45, 7) is 15.3. The molecule has 0 saturated carbocycles. The van der Waals surface area contributed by atoms with Crippen LogP contribution in [-0.4, -0.2) is 54.7 Å². The zero-order valence-electron chi connectivity index (χ0n) is 23.2. The lowest BCUT2D eigenvalue weighted by atomic mass is 9.85. The first kappa shape index (κ1) is 28.7. The van der Waals surface area contributed by atoms with Crippen LogP contribution in [0.15, 0.2) is 60.7 Å². The Morgan fingerprint density at radius 2 is 1.59 bits per heavy atom. The van der Waals surface area contributed by atoms with E-state index in [9.17, 15) is 14.7 Å². The molecule has 0 spiro atoms. The van der Waals surface area contributed by atoms with Crippen LogP contribution in [-0.2, 0) is 15.8 Å². The Morgan fingerprint density at radius 3 is 2.11 bits per heavy atom. The number of rotatable bonds is 8. The number of ether oxygens (including phenoxy) is 1. The molecule has 2 amide bonds. The maximum absolute atomic E-state index is 13.7. The third kappa shape index (κ3) is 6.36. The summed E-state index contributed by atoms with van der Waals surface area (Å²) in [5, 5.41) is 10.2. The van der Waals surface area contributed by atoms with Crippen LogP contribution in [0, 0.1) is 0 Å². The van der Waals surface area contributed by atoms with Crippen molar-refractivity contribution in [1.29, 1.82) is 0 Å². The van der Waals surface area contributed by atoms with Crippen molar-refractivity contribution in [2.45, 2.75) is 89.9 Å². The Balaban J connectivity index is 1.96. The fraction of sp³-hybridized carbons (Fsp3) is 0.517. The summed E-state index contributed by atoms with van der Waals surface area (Å²) in [5.74, 6) is 0. The number of nitrogens with zero attached hydrogens (tertiary/aromatic N) is 2. The van der Waals surface area contributed by atoms with Gasteiger partial charge in [-0.3, -0.25) is 4.90 Å². The molecule has 202 valence electrons. The predicted molar refractivity (Wildman–Crippen MR) is 149 cm³/mol. The molecule has 0 radical (unpaired) electrons. The van der Waals surface area contributed by atoms with Gasteiger partial charge in [0.15, 0.2) is 8.32 Å². The Hall–Kier alpha value is -2.84. The van der Waals surface area contributed by atoms with Crippen molar-refractivity contribution in [3.63, 3.8) is 0 Å². The molecule has 37 heavy (non-hydrogen) atoms. The van der Waals surface area contributed by atoms with Gasteiger partial charge in [0, 0.05) is 12.2 Å². The van der Waals surface area contributed by atoms with Gasteiger partial charge in [-0.05, 0) is 55.6 Å². The van der Waals surface area contributed by atoms with Crippen LogP contribution in [0.25, 0.3) is 0 Å². The fourth-order valence-electron chi connectivity index (χ4n) is 4.79. The quantitative estimate of drug-likeness (QED) is 0.370. The van der Waals surface area contributed by atoms with Gasteiger partial charge in [-0.2, -0.15) is 0 Å². The average Bonchev–Trinajstić information content (AvgIpc) is 3.27. The van der Waals surface area contributed by atoms with Crippen molar-refractivity contribution in [1.82, 2.24) is 4.90 Å². The van der Waals surface area contributed by atoms with E-state index in [0.29, 0.717) is 18.5 Å². The minimum Gasteiger partial charge on any atom is -0.465 e. The number of carbonyl (C=O) groups excluding carboxylic acids is 1. The van der Waals surface area contributed by atoms with Gasteiger partial charge in [0.1, 0.15) is 6.61 Å². The number of carboxylic acid groups (broad SMARTS) is 1. The smallest absolute Gasteiger partial charge is 0.415 e. The summed E-state index contributed by atoms with van der Waals surface area (Å²) in [6, 6.07) is 18.4. The molecule has 0 aromatic heterocycles. The highest BCUT2D eigenvalue weighted by Crippen LogP contribution is 2.42. The summed E-state index contributed by atoms with van der Waals surface area (Å²) in [6.07, 6.45) is -0.691. The molecular weight excluding hydrogens is 484 g/mol. The molecule has 8 heteroatoms. The molecule has 0 aliphatic carbocycles. The van der Waals surface area contributed by atoms with Crippen molar-refractivity contribution < 1.29 is 23.9 Å². The van der Waals surface area contributed by atoms with Crippen molar-refractivity contribution in [2.24, 2.45) is 0 Å². The Morgan fingerprint density at radius 1 is 1.03 bits per heavy atom. The molecule has 1 heterocycles. The van der Waals surface area contributed by atoms with Crippen LogP contribution in [0.3, 0.4) is 0 Å². The zero-order chi connectivity index (χ0) is 27.4. The molecule has 0 bridgehead atoms. The standard InChI is InChI=1S/C29H42N2O5Si/c1-8-29(5,25-19-24(20-30(25)26(32)33)36-37(6,7)28(2,3)4)31(23-17-13-10-14-18-23)27(34)35-21-22-15-11-9-12-16-22/h9-18,24-25H,8,19-21H2,1-7H3,(H,32,33)/t24-,25+,29?/m1/s1. The summed E-state index contributed by atoms with van der Waals surface area (Å²) in [5.41, 5.74) is 0.695. The number of anilines is 1. The van der Waals surface area contributed by atoms with Crippen molar-refractivity contribution in [3.8, 4) is 0 Å². The van der Waals surface area contributed by atoms with Crippen LogP contribution >= 0.6 is 0 Å². The topological polar surface area (TPSA) is 79.3 Å². The molecule has 1 N–H and O–H groups in total. The summed E-state index contributed by atoms with van der Waals surface area (Å²) in [4.78, 5) is 29.3. The minimum atomic E-state index is -2.12. The van der Waals surface area contributed by atoms with Crippen molar-refractivity contribution in [2.75, 3.05) is 11.4 Å². The van der Waals surface area contributed by atoms with E-state index in [4.69, 9.17) is 9.16 Å². The van der Waals surface area contributed by atoms with E-state index in [2.05, 4.69) is 33.9 Å². The van der Waals surface area contributed by atoms with Crippen LogP contribution in [0.2, 0.25) is 18.1 Å². The average molecular weight is 527 g/mol. The number of amides is 2. The number of para-hydroxylation sites is 1. The highest BCUT2D eigenvalue weighted by Gasteiger charge is 2.52. The third-order valence-corrected chi connectivity index (χ3v) is 12.7. The zero-order valence-corrected chi connectivity index (χ0v) is 24.2. The van der Waals surface area contributed by atoms with Crippen molar-refractivity contribution in [3.05, 3.63) is 66.2 Å². The van der Waals surface area contributed by atoms with Crippen molar-refractivity contribution >= 4 is 26.2 Å². The normalized spacial score (nSPS) is 19.8. The fourth-order valence-corrected chi connectivity index (χ4v) is 6.15. The lowest BCUT2D eigenvalue weighted by Crippen LogP contribution is -2.61. The molecule has 1 aliphatic rings. The van der Waals surface area contributed by atoms with Crippen LogP contribution in [0.5, 0.6) is 0 Å². The predicted octanol–water partition coefficient (Wildman–Crippen LogP) is 7.14. The van der Waals surface area contributed by atoms with Gasteiger partial charge in [-0.25, -0.2) is 9.59 Å². The molecule has 2 aromatic rings. The molecule has 2 aromatic carbocycles. The number of benzene rings is 2. The monoisotopic (exact) mass is 526 g/mol. The Bertz CT molecular complexity index is 1060. The lowest BCUT2D eigenvalue weighted by Gasteiger charge is -2.46. The van der Waals surface area contributed by atoms with Gasteiger partial charge in [0.05, 0.1) is 17.7 Å². The molecular formula is C29H42N2O5Si. The molecule has 7 nitrogen and oxygen atoms in total. The molecule has 1 aliphatic heterocycles. The first-order valence-electron chi connectivity index (χ1n) is 13.0. The number of hydrogen-bond acceptors (Lipinski definition) is 4. The van der Waals surface area contributed by atoms with Crippen LogP contribution < -0.4 is 4.90 Å². The molecule has 1 saturated heterocycles. The second-order valence-electron chi connectivity index (χ2n) is 11.6. The summed E-state index contributed by atoms with van der Waals surface area (Å²) >= 11 is 0. The number of hydrogen-bond donors (Lipinski definition) is 1. The highest BCUT2D eigenvalue weighted by atomic mass is 28.4. The highest BCUT2D eigenvalue weighted by molar-refractivity contribution is 6.74. The first-order valence-corrected chi connectivity index (χ1v) is 15.9. The maximum Gasteiger partial charge on any atom is 0.415 e. The van der Waals surface area contributed by atoms with E-state index >= 15 is 0 Å². The van der Waals surface area contributed by atoms with Gasteiger partial charge in [0.2, 0.25) is 0 Å². The summed E-state index contributed by atoms with van der Waals surface area (Å²) < 4.78 is 12.5. The molecule has 1 unspecified atom stereocenters. The maximum atomic E-state index is 13.7. The van der Waals surface area contributed by atoms with Gasteiger partial charge >= 0.3 is 12.2 Å². The van der Waals surface area contributed by atoms with E-state index in [-0.39, 0.29) is 24.3 Å². The van der Waals surface area contributed by atoms with Crippen LogP contribution in [0.4, 0.5) is 15.3 Å². The van der Waals surface area contributed by atoms with E-state index in [1.807, 2.05) is 74.5 Å². The lowest BCUT2D eigenvalue weighted by molar-refractivity contribution is 0.103. The van der Waals surface area contributed by atoms with Gasteiger partial charge in [-0.1, -0.05) is 76.2 Å². The number of likely N-dealkylation sites (tertiary alicyclic amines) is 1. The van der Waals surface area contributed by atoms with Gasteiger partial charge in [-0.15, -0.1) is 0 Å². The molecule has 3 atom stereocenters. The van der Waals surface area contributed by atoms with E-state index < -0.39 is 32.1 Å². The largest absolute Gasteiger partial charge is 0.465 e. The third-order valence-electron chi connectivity index (χ3n) is 8.12. The SMILES string of the molecule is CCC(C)([C@@H]1C[C@@H](O[Si](C)(C)C(C)(C)C)CN1C(=O)O)N(C(=O)OCc1ccccc1)c1ccccc1. The Kier molecular flexibility index (Phi) is 8.75. The summed E-state index contributed by atoms with van der Waals surface area (Å²) in [7, 11) is -2.12. The van der Waals surface area contributed by atoms with E-state index in [0.717, 1.165) is 5.56 Å². The minimum absolute atomic E-state index is 0.00448. The van der Waals surface area contributed by atoms with Gasteiger partial charge < -0.3 is 19.2 Å². The number of carbonyl (C=O) groups is 2.